The van der Waals surface area contributed by atoms with Crippen LogP contribution in [0.3, 0.4) is 0 Å². The molecule has 3 aliphatic heterocycles. The van der Waals surface area contributed by atoms with E-state index in [1.54, 1.807) is 0 Å². The molecule has 0 saturated carbocycles. The highest BCUT2D eigenvalue weighted by Crippen LogP contribution is 2.46. The van der Waals surface area contributed by atoms with E-state index in [0.29, 0.717) is 29.8 Å². The fraction of sp³-hybridized carbons (Fsp3) is 0.944. The fourth-order valence-electron chi connectivity index (χ4n) is 4.89. The van der Waals surface area contributed by atoms with E-state index in [0.717, 1.165) is 19.5 Å². The van der Waals surface area contributed by atoms with Crippen LogP contribution in [0, 0.1) is 17.3 Å². The number of carbonyl (C=O) groups excluding carboxylic acids is 1. The Labute approximate surface area is 135 Å². The summed E-state index contributed by atoms with van der Waals surface area (Å²) < 4.78 is 0. The van der Waals surface area contributed by atoms with E-state index < -0.39 is 0 Å². The number of hydrogen-bond donors (Lipinski definition) is 2. The summed E-state index contributed by atoms with van der Waals surface area (Å²) in [6, 6.07) is 0.692. The average molecular weight is 307 g/mol. The molecule has 3 heterocycles. The number of rotatable bonds is 1. The van der Waals surface area contributed by atoms with Gasteiger partial charge in [-0.2, -0.15) is 0 Å². The van der Waals surface area contributed by atoms with Crippen molar-refractivity contribution in [1.82, 2.24) is 15.5 Å². The van der Waals surface area contributed by atoms with Gasteiger partial charge in [-0.05, 0) is 58.5 Å². The van der Waals surface area contributed by atoms with Crippen LogP contribution < -0.4 is 10.6 Å². The number of nitrogens with one attached hydrogen (secondary N) is 2. The first-order valence-corrected chi connectivity index (χ1v) is 8.90. The number of ketones is 1. The van der Waals surface area contributed by atoms with Gasteiger partial charge < -0.3 is 5.32 Å². The molecule has 3 rings (SSSR count). The minimum absolute atomic E-state index is 0.0128. The molecular weight excluding hydrogens is 274 g/mol. The van der Waals surface area contributed by atoms with E-state index in [-0.39, 0.29) is 17.0 Å². The Morgan fingerprint density at radius 1 is 1.09 bits per heavy atom. The molecule has 5 atom stereocenters. The van der Waals surface area contributed by atoms with E-state index in [4.69, 9.17) is 0 Å². The molecule has 2 N–H and O–H groups in total. The Hall–Kier alpha value is -0.450. The van der Waals surface area contributed by atoms with Crippen molar-refractivity contribution < 1.29 is 4.79 Å². The standard InChI is InChI=1S/C18H33N3O/c1-17(2,3)15(22)14-9-11-12-10-19-8-7-13(12)20-16(11)21(14)18(4,5)6/h11-14,16,19-20H,7-10H2,1-6H3. The second kappa shape index (κ2) is 5.29. The lowest BCUT2D eigenvalue weighted by molar-refractivity contribution is -0.133. The van der Waals surface area contributed by atoms with Crippen molar-refractivity contribution in [1.29, 1.82) is 0 Å². The zero-order valence-corrected chi connectivity index (χ0v) is 15.1. The predicted octanol–water partition coefficient (Wildman–Crippen LogP) is 2.00. The summed E-state index contributed by atoms with van der Waals surface area (Å²) in [6.45, 7) is 15.1. The second-order valence-electron chi connectivity index (χ2n) is 9.48. The number of piperidine rings is 1. The highest BCUT2D eigenvalue weighted by atomic mass is 16.1. The molecule has 0 aliphatic carbocycles. The maximum absolute atomic E-state index is 13.0. The lowest BCUT2D eigenvalue weighted by Crippen LogP contribution is -2.58. The van der Waals surface area contributed by atoms with Crippen molar-refractivity contribution in [3.8, 4) is 0 Å². The van der Waals surface area contributed by atoms with Gasteiger partial charge in [0.1, 0.15) is 0 Å². The average Bonchev–Trinajstić information content (AvgIpc) is 2.90. The maximum Gasteiger partial charge on any atom is 0.155 e. The SMILES string of the molecule is CC(C)(C)C(=O)C1CC2C3CNCCC3NC2N1C(C)(C)C. The first-order valence-electron chi connectivity index (χ1n) is 8.90. The molecule has 0 aromatic heterocycles. The van der Waals surface area contributed by atoms with Crippen LogP contribution in [0.5, 0.6) is 0 Å². The number of Topliss-reactive ketones (excluding diaryl/α,β-unsaturated/α-hetero) is 1. The van der Waals surface area contributed by atoms with Gasteiger partial charge in [0.05, 0.1) is 12.2 Å². The molecule has 0 aromatic rings. The summed E-state index contributed by atoms with van der Waals surface area (Å²) in [6.07, 6.45) is 2.60. The van der Waals surface area contributed by atoms with Gasteiger partial charge in [0.15, 0.2) is 5.78 Å². The van der Waals surface area contributed by atoms with Gasteiger partial charge in [-0.25, -0.2) is 0 Å². The third-order valence-corrected chi connectivity index (χ3v) is 5.82. The molecule has 3 fully saturated rings. The zero-order chi connectivity index (χ0) is 16.3. The fourth-order valence-corrected chi connectivity index (χ4v) is 4.89. The van der Waals surface area contributed by atoms with Crippen molar-refractivity contribution in [3.63, 3.8) is 0 Å². The summed E-state index contributed by atoms with van der Waals surface area (Å²) in [5, 5.41) is 7.43. The third kappa shape index (κ3) is 2.63. The van der Waals surface area contributed by atoms with E-state index in [1.165, 1.54) is 6.42 Å². The topological polar surface area (TPSA) is 44.4 Å². The van der Waals surface area contributed by atoms with E-state index in [9.17, 15) is 4.79 Å². The van der Waals surface area contributed by atoms with Gasteiger partial charge in [0, 0.05) is 17.0 Å². The molecule has 0 spiro atoms. The summed E-state index contributed by atoms with van der Waals surface area (Å²) in [7, 11) is 0. The van der Waals surface area contributed by atoms with Gasteiger partial charge in [-0.1, -0.05) is 20.8 Å². The molecule has 0 amide bonds. The Morgan fingerprint density at radius 2 is 1.77 bits per heavy atom. The largest absolute Gasteiger partial charge is 0.316 e. The molecule has 0 aromatic carbocycles. The maximum atomic E-state index is 13.0. The normalized spacial score (nSPS) is 39.6. The van der Waals surface area contributed by atoms with Gasteiger partial charge in [0.25, 0.3) is 0 Å². The molecular formula is C18H33N3O. The highest BCUT2D eigenvalue weighted by Gasteiger charge is 2.57. The third-order valence-electron chi connectivity index (χ3n) is 5.82. The number of fused-ring (bicyclic) bond motifs is 3. The van der Waals surface area contributed by atoms with E-state index >= 15 is 0 Å². The van der Waals surface area contributed by atoms with Crippen molar-refractivity contribution in [2.45, 2.75) is 78.2 Å². The quantitative estimate of drug-likeness (QED) is 0.778. The molecule has 4 heteroatoms. The van der Waals surface area contributed by atoms with Crippen LogP contribution in [0.25, 0.3) is 0 Å². The molecule has 5 unspecified atom stereocenters. The molecule has 3 saturated heterocycles. The van der Waals surface area contributed by atoms with Gasteiger partial charge in [0.2, 0.25) is 0 Å². The molecule has 22 heavy (non-hydrogen) atoms. The van der Waals surface area contributed by atoms with Crippen LogP contribution in [0.4, 0.5) is 0 Å². The van der Waals surface area contributed by atoms with Crippen LogP contribution in [0.1, 0.15) is 54.4 Å². The van der Waals surface area contributed by atoms with Crippen LogP contribution in [0.2, 0.25) is 0 Å². The van der Waals surface area contributed by atoms with Crippen LogP contribution in [0.15, 0.2) is 0 Å². The minimum atomic E-state index is -0.267. The summed E-state index contributed by atoms with van der Waals surface area (Å²) in [4.78, 5) is 15.5. The second-order valence-corrected chi connectivity index (χ2v) is 9.48. The number of likely N-dealkylation sites (tertiary alicyclic amines) is 1. The van der Waals surface area contributed by atoms with Gasteiger partial charge >= 0.3 is 0 Å². The summed E-state index contributed by atoms with van der Waals surface area (Å²) in [5.41, 5.74) is -0.254. The first-order chi connectivity index (χ1) is 10.1. The van der Waals surface area contributed by atoms with Crippen LogP contribution in [-0.4, -0.2) is 47.6 Å². The molecule has 0 radical (unpaired) electrons. The van der Waals surface area contributed by atoms with Gasteiger partial charge in [-0.3, -0.25) is 15.0 Å². The minimum Gasteiger partial charge on any atom is -0.316 e. The summed E-state index contributed by atoms with van der Waals surface area (Å²) >= 11 is 0. The smallest absolute Gasteiger partial charge is 0.155 e. The highest BCUT2D eigenvalue weighted by molar-refractivity contribution is 5.89. The van der Waals surface area contributed by atoms with Crippen molar-refractivity contribution in [2.75, 3.05) is 13.1 Å². The van der Waals surface area contributed by atoms with Crippen LogP contribution >= 0.6 is 0 Å². The Balaban J connectivity index is 1.89. The molecule has 0 bridgehead atoms. The Kier molecular flexibility index (Phi) is 3.94. The zero-order valence-electron chi connectivity index (χ0n) is 15.1. The number of hydrogen-bond acceptors (Lipinski definition) is 4. The van der Waals surface area contributed by atoms with Crippen molar-refractivity contribution in [2.24, 2.45) is 17.3 Å². The lowest BCUT2D eigenvalue weighted by Gasteiger charge is -2.42. The van der Waals surface area contributed by atoms with Crippen molar-refractivity contribution >= 4 is 5.78 Å². The Morgan fingerprint density at radius 3 is 2.36 bits per heavy atom. The number of carbonyl (C=O) groups is 1. The summed E-state index contributed by atoms with van der Waals surface area (Å²) in [5.74, 6) is 1.69. The van der Waals surface area contributed by atoms with Crippen molar-refractivity contribution in [3.05, 3.63) is 0 Å². The first kappa shape index (κ1) is 16.4. The molecule has 126 valence electrons. The predicted molar refractivity (Wildman–Crippen MR) is 89.6 cm³/mol. The lowest BCUT2D eigenvalue weighted by atomic mass is 9.80. The Bertz CT molecular complexity index is 448. The van der Waals surface area contributed by atoms with E-state index in [1.807, 2.05) is 0 Å². The van der Waals surface area contributed by atoms with Crippen LogP contribution in [-0.2, 0) is 4.79 Å². The molecule has 4 nitrogen and oxygen atoms in total. The van der Waals surface area contributed by atoms with Gasteiger partial charge in [-0.15, -0.1) is 0 Å². The number of nitrogens with zero attached hydrogens (tertiary/aromatic N) is 1. The van der Waals surface area contributed by atoms with E-state index in [2.05, 4.69) is 57.1 Å². The monoisotopic (exact) mass is 307 g/mol. The molecule has 3 aliphatic rings.